The van der Waals surface area contributed by atoms with Crippen LogP contribution in [0.15, 0.2) is 28.7 Å². The largest absolute Gasteiger partial charge is 0.467 e. The second-order valence-electron chi connectivity index (χ2n) is 2.87. The fourth-order valence-corrected chi connectivity index (χ4v) is 1.49. The summed E-state index contributed by atoms with van der Waals surface area (Å²) in [6.45, 7) is 0. The highest BCUT2D eigenvalue weighted by Crippen LogP contribution is 2.22. The van der Waals surface area contributed by atoms with Crippen LogP contribution >= 0.6 is 0 Å². The number of oxazole rings is 1. The maximum atomic E-state index is 5.44. The topological polar surface area (TPSA) is 52.6 Å². The quantitative estimate of drug-likeness (QED) is 0.581. The van der Waals surface area contributed by atoms with E-state index in [1.807, 2.05) is 24.3 Å². The van der Waals surface area contributed by atoms with Crippen molar-refractivity contribution in [3.8, 4) is 6.01 Å². The lowest BCUT2D eigenvalue weighted by molar-refractivity contribution is 0.377. The molecule has 0 bridgehead atoms. The van der Waals surface area contributed by atoms with Crippen LogP contribution in [0, 0.1) is 0 Å². The number of methoxy groups -OCH3 is 1. The third-order valence-electron chi connectivity index (χ3n) is 2.09. The number of para-hydroxylation sites is 2. The first-order valence-electron chi connectivity index (χ1n) is 4.17. The summed E-state index contributed by atoms with van der Waals surface area (Å²) in [5, 5.41) is 7.67. The number of nitrogens with zero attached hydrogens (tertiary/aromatic N) is 3. The van der Waals surface area contributed by atoms with Gasteiger partial charge in [-0.1, -0.05) is 22.3 Å². The highest BCUT2D eigenvalue weighted by Gasteiger charge is 2.12. The van der Waals surface area contributed by atoms with Crippen molar-refractivity contribution in [2.24, 2.45) is 0 Å². The van der Waals surface area contributed by atoms with E-state index >= 15 is 0 Å². The molecule has 5 heteroatoms. The molecule has 3 aromatic rings. The number of ether oxygens (including phenoxy) is 1. The summed E-state index contributed by atoms with van der Waals surface area (Å²) in [6, 6.07) is 8.08. The number of hydrogen-bond donors (Lipinski definition) is 0. The van der Waals surface area contributed by atoms with Gasteiger partial charge in [-0.2, -0.15) is 0 Å². The SMILES string of the molecule is COc1nnc2oc3ccccc3n12. The minimum Gasteiger partial charge on any atom is -0.467 e. The lowest BCUT2D eigenvalue weighted by Gasteiger charge is -1.92. The summed E-state index contributed by atoms with van der Waals surface area (Å²) in [4.78, 5) is 0. The zero-order valence-electron chi connectivity index (χ0n) is 7.47. The van der Waals surface area contributed by atoms with Crippen molar-refractivity contribution in [3.63, 3.8) is 0 Å². The Labute approximate surface area is 78.9 Å². The van der Waals surface area contributed by atoms with Crippen molar-refractivity contribution in [1.82, 2.24) is 14.6 Å². The van der Waals surface area contributed by atoms with Crippen molar-refractivity contribution < 1.29 is 9.15 Å². The second kappa shape index (κ2) is 2.47. The van der Waals surface area contributed by atoms with Crippen molar-refractivity contribution in [3.05, 3.63) is 24.3 Å². The summed E-state index contributed by atoms with van der Waals surface area (Å²) in [5.74, 6) is 0.447. The van der Waals surface area contributed by atoms with E-state index in [1.165, 1.54) is 0 Å². The van der Waals surface area contributed by atoms with E-state index in [9.17, 15) is 0 Å². The third kappa shape index (κ3) is 0.783. The average Bonchev–Trinajstić information content (AvgIpc) is 2.75. The van der Waals surface area contributed by atoms with Crippen LogP contribution in [-0.4, -0.2) is 21.7 Å². The lowest BCUT2D eigenvalue weighted by Crippen LogP contribution is -1.89. The molecule has 0 unspecified atom stereocenters. The Hall–Kier alpha value is -2.04. The number of rotatable bonds is 1. The first kappa shape index (κ1) is 7.37. The van der Waals surface area contributed by atoms with Gasteiger partial charge in [-0.15, -0.1) is 0 Å². The molecular weight excluding hydrogens is 182 g/mol. The molecular formula is C9H7N3O2. The van der Waals surface area contributed by atoms with Gasteiger partial charge >= 0.3 is 11.9 Å². The first-order valence-corrected chi connectivity index (χ1v) is 4.17. The maximum Gasteiger partial charge on any atom is 0.330 e. The normalized spacial score (nSPS) is 11.2. The van der Waals surface area contributed by atoms with Gasteiger partial charge in [-0.25, -0.2) is 4.40 Å². The lowest BCUT2D eigenvalue weighted by atomic mass is 10.3. The molecule has 0 aliphatic heterocycles. The molecule has 0 spiro atoms. The van der Waals surface area contributed by atoms with Crippen LogP contribution in [0.1, 0.15) is 0 Å². The summed E-state index contributed by atoms with van der Waals surface area (Å²) in [7, 11) is 1.55. The van der Waals surface area contributed by atoms with E-state index < -0.39 is 0 Å². The molecule has 0 saturated carbocycles. The monoisotopic (exact) mass is 189 g/mol. The zero-order valence-corrected chi connectivity index (χ0v) is 7.47. The van der Waals surface area contributed by atoms with E-state index in [0.29, 0.717) is 11.9 Å². The molecule has 5 nitrogen and oxygen atoms in total. The van der Waals surface area contributed by atoms with Crippen molar-refractivity contribution >= 4 is 16.9 Å². The van der Waals surface area contributed by atoms with Crippen molar-refractivity contribution in [2.75, 3.05) is 7.11 Å². The predicted octanol–water partition coefficient (Wildman–Crippen LogP) is 1.48. The Bertz CT molecular complexity index is 596. The molecule has 2 heterocycles. The summed E-state index contributed by atoms with van der Waals surface area (Å²) < 4.78 is 12.2. The molecule has 0 N–H and O–H groups in total. The molecule has 0 amide bonds. The molecule has 1 aromatic carbocycles. The van der Waals surface area contributed by atoms with Crippen molar-refractivity contribution in [2.45, 2.75) is 0 Å². The van der Waals surface area contributed by atoms with Crippen LogP contribution in [0.2, 0.25) is 0 Å². The van der Waals surface area contributed by atoms with E-state index in [1.54, 1.807) is 11.5 Å². The molecule has 2 aromatic heterocycles. The maximum absolute atomic E-state index is 5.44. The zero-order chi connectivity index (χ0) is 9.54. The molecule has 3 rings (SSSR count). The van der Waals surface area contributed by atoms with Gasteiger partial charge < -0.3 is 9.15 Å². The fourth-order valence-electron chi connectivity index (χ4n) is 1.49. The number of hydrogen-bond acceptors (Lipinski definition) is 4. The van der Waals surface area contributed by atoms with E-state index in [2.05, 4.69) is 10.2 Å². The highest BCUT2D eigenvalue weighted by atomic mass is 16.5. The van der Waals surface area contributed by atoms with Gasteiger partial charge in [0.15, 0.2) is 5.58 Å². The summed E-state index contributed by atoms with van der Waals surface area (Å²) >= 11 is 0. The molecule has 14 heavy (non-hydrogen) atoms. The number of benzene rings is 1. The Morgan fingerprint density at radius 3 is 3.00 bits per heavy atom. The number of fused-ring (bicyclic) bond motifs is 3. The Morgan fingerprint density at radius 2 is 2.14 bits per heavy atom. The van der Waals surface area contributed by atoms with Gasteiger partial charge in [-0.3, -0.25) is 0 Å². The highest BCUT2D eigenvalue weighted by molar-refractivity contribution is 5.76. The Kier molecular flexibility index (Phi) is 1.30. The molecule has 0 saturated heterocycles. The first-order chi connectivity index (χ1) is 6.90. The Balaban J connectivity index is 2.54. The van der Waals surface area contributed by atoms with Gasteiger partial charge in [0.25, 0.3) is 0 Å². The molecule has 0 atom stereocenters. The smallest absolute Gasteiger partial charge is 0.330 e. The average molecular weight is 189 g/mol. The molecule has 0 radical (unpaired) electrons. The van der Waals surface area contributed by atoms with Gasteiger partial charge in [0.05, 0.1) is 12.6 Å². The van der Waals surface area contributed by atoms with Crippen LogP contribution in [0.25, 0.3) is 16.9 Å². The van der Waals surface area contributed by atoms with Gasteiger partial charge in [0.1, 0.15) is 0 Å². The standard InChI is InChI=1S/C9H7N3O2/c1-13-8-10-11-9-12(8)6-4-2-3-5-7(6)14-9/h2-5H,1H3. The summed E-state index contributed by atoms with van der Waals surface area (Å²) in [5.41, 5.74) is 1.68. The van der Waals surface area contributed by atoms with Crippen LogP contribution in [0.4, 0.5) is 0 Å². The van der Waals surface area contributed by atoms with Gasteiger partial charge in [-0.05, 0) is 12.1 Å². The molecule has 0 fully saturated rings. The minimum atomic E-state index is 0.435. The van der Waals surface area contributed by atoms with Crippen LogP contribution in [0.3, 0.4) is 0 Å². The van der Waals surface area contributed by atoms with E-state index in [4.69, 9.17) is 9.15 Å². The molecule has 0 aliphatic carbocycles. The van der Waals surface area contributed by atoms with Crippen LogP contribution in [0.5, 0.6) is 6.01 Å². The molecule has 70 valence electrons. The summed E-state index contributed by atoms with van der Waals surface area (Å²) in [6.07, 6.45) is 0. The van der Waals surface area contributed by atoms with Gasteiger partial charge in [0.2, 0.25) is 0 Å². The van der Waals surface area contributed by atoms with Gasteiger partial charge in [0, 0.05) is 0 Å². The van der Waals surface area contributed by atoms with E-state index in [0.717, 1.165) is 11.1 Å². The third-order valence-corrected chi connectivity index (χ3v) is 2.09. The predicted molar refractivity (Wildman–Crippen MR) is 49.3 cm³/mol. The van der Waals surface area contributed by atoms with Crippen LogP contribution < -0.4 is 4.74 Å². The van der Waals surface area contributed by atoms with Crippen LogP contribution in [-0.2, 0) is 0 Å². The van der Waals surface area contributed by atoms with E-state index in [-0.39, 0.29) is 0 Å². The minimum absolute atomic E-state index is 0.435. The van der Waals surface area contributed by atoms with Crippen molar-refractivity contribution in [1.29, 1.82) is 0 Å². The molecule has 0 aliphatic rings. The second-order valence-corrected chi connectivity index (χ2v) is 2.87. The Morgan fingerprint density at radius 1 is 1.29 bits per heavy atom. The fraction of sp³-hybridized carbons (Fsp3) is 0.111. The number of aromatic nitrogens is 3.